The van der Waals surface area contributed by atoms with E-state index < -0.39 is 0 Å². The number of unbranched alkanes of at least 4 members (excludes halogenated alkanes) is 2. The molecule has 2 nitrogen and oxygen atoms in total. The van der Waals surface area contributed by atoms with E-state index in [4.69, 9.17) is 5.73 Å². The fourth-order valence-electron chi connectivity index (χ4n) is 1.91. The van der Waals surface area contributed by atoms with Gasteiger partial charge in [0.05, 0.1) is 0 Å². The highest BCUT2D eigenvalue weighted by Crippen LogP contribution is 2.22. The van der Waals surface area contributed by atoms with Crippen molar-refractivity contribution in [3.63, 3.8) is 0 Å². The average Bonchev–Trinajstić information content (AvgIpc) is 2.33. The highest BCUT2D eigenvalue weighted by molar-refractivity contribution is 5.96. The van der Waals surface area contributed by atoms with E-state index in [2.05, 4.69) is 32.9 Å². The molecule has 0 aliphatic rings. The maximum atomic E-state index is 11.9. The Labute approximate surface area is 111 Å². The molecule has 0 heterocycles. The van der Waals surface area contributed by atoms with E-state index in [1.807, 2.05) is 12.1 Å². The number of hydrogen-bond donors (Lipinski definition) is 1. The zero-order chi connectivity index (χ0) is 13.6. The topological polar surface area (TPSA) is 43.1 Å². The van der Waals surface area contributed by atoms with Gasteiger partial charge in [-0.05, 0) is 30.4 Å². The molecule has 0 bridgehead atoms. The van der Waals surface area contributed by atoms with Crippen molar-refractivity contribution in [2.75, 3.05) is 6.54 Å². The first-order valence-corrected chi connectivity index (χ1v) is 6.79. The van der Waals surface area contributed by atoms with Gasteiger partial charge in [-0.25, -0.2) is 0 Å². The second-order valence-electron chi connectivity index (χ2n) is 5.85. The summed E-state index contributed by atoms with van der Waals surface area (Å²) in [7, 11) is 0. The molecule has 1 aromatic carbocycles. The van der Waals surface area contributed by atoms with Crippen molar-refractivity contribution in [2.45, 2.75) is 51.9 Å². The van der Waals surface area contributed by atoms with Gasteiger partial charge < -0.3 is 5.73 Å². The van der Waals surface area contributed by atoms with Gasteiger partial charge in [-0.3, -0.25) is 4.79 Å². The first kappa shape index (κ1) is 14.9. The standard InChI is InChI=1S/C16H25NO/c1-16(2,3)14-10-8-13(9-11-14)15(18)7-5-4-6-12-17/h8-11H,4-7,12,17H2,1-3H3. The van der Waals surface area contributed by atoms with Crippen LogP contribution in [0.15, 0.2) is 24.3 Å². The number of carbonyl (C=O) groups is 1. The van der Waals surface area contributed by atoms with Crippen LogP contribution in [0, 0.1) is 0 Å². The van der Waals surface area contributed by atoms with Gasteiger partial charge in [0.1, 0.15) is 0 Å². The van der Waals surface area contributed by atoms with Crippen LogP contribution in [0.2, 0.25) is 0 Å². The second-order valence-corrected chi connectivity index (χ2v) is 5.85. The first-order valence-electron chi connectivity index (χ1n) is 6.79. The Hall–Kier alpha value is -1.15. The summed E-state index contributed by atoms with van der Waals surface area (Å²) in [6.07, 6.45) is 3.63. The molecule has 0 aliphatic carbocycles. The van der Waals surface area contributed by atoms with E-state index >= 15 is 0 Å². The first-order chi connectivity index (χ1) is 8.45. The Bertz CT molecular complexity index is 373. The quantitative estimate of drug-likeness (QED) is 0.615. The van der Waals surface area contributed by atoms with Gasteiger partial charge in [0, 0.05) is 12.0 Å². The SMILES string of the molecule is CC(C)(C)c1ccc(C(=O)CCCCCN)cc1. The van der Waals surface area contributed by atoms with Crippen LogP contribution in [0.1, 0.15) is 62.4 Å². The predicted octanol–water partition coefficient (Wildman–Crippen LogP) is 3.69. The summed E-state index contributed by atoms with van der Waals surface area (Å²) < 4.78 is 0. The molecule has 0 saturated carbocycles. The number of Topliss-reactive ketones (excluding diaryl/α,β-unsaturated/α-hetero) is 1. The molecule has 0 atom stereocenters. The highest BCUT2D eigenvalue weighted by atomic mass is 16.1. The lowest BCUT2D eigenvalue weighted by Crippen LogP contribution is -2.11. The summed E-state index contributed by atoms with van der Waals surface area (Å²) in [5.41, 5.74) is 7.67. The van der Waals surface area contributed by atoms with Gasteiger partial charge in [0.25, 0.3) is 0 Å². The van der Waals surface area contributed by atoms with E-state index in [0.29, 0.717) is 13.0 Å². The van der Waals surface area contributed by atoms with E-state index in [-0.39, 0.29) is 11.2 Å². The van der Waals surface area contributed by atoms with Crippen molar-refractivity contribution in [3.05, 3.63) is 35.4 Å². The molecule has 0 aliphatic heterocycles. The lowest BCUT2D eigenvalue weighted by atomic mass is 9.86. The molecule has 0 saturated heterocycles. The number of benzene rings is 1. The van der Waals surface area contributed by atoms with Gasteiger partial charge in [0.2, 0.25) is 0 Å². The molecule has 100 valence electrons. The van der Waals surface area contributed by atoms with Gasteiger partial charge in [-0.2, -0.15) is 0 Å². The molecule has 0 spiro atoms. The molecule has 0 radical (unpaired) electrons. The van der Waals surface area contributed by atoms with Gasteiger partial charge >= 0.3 is 0 Å². The third-order valence-corrected chi connectivity index (χ3v) is 3.18. The summed E-state index contributed by atoms with van der Waals surface area (Å²) in [6.45, 7) is 7.25. The Morgan fingerprint density at radius 3 is 2.17 bits per heavy atom. The molecule has 18 heavy (non-hydrogen) atoms. The summed E-state index contributed by atoms with van der Waals surface area (Å²) in [4.78, 5) is 11.9. The van der Waals surface area contributed by atoms with E-state index in [0.717, 1.165) is 24.8 Å². The second kappa shape index (κ2) is 6.69. The molecule has 0 unspecified atom stereocenters. The molecule has 1 rings (SSSR count). The molecule has 1 aromatic rings. The molecule has 0 aromatic heterocycles. The summed E-state index contributed by atoms with van der Waals surface area (Å²) in [5, 5.41) is 0. The summed E-state index contributed by atoms with van der Waals surface area (Å²) in [6, 6.07) is 8.03. The number of ketones is 1. The maximum Gasteiger partial charge on any atom is 0.162 e. The zero-order valence-corrected chi connectivity index (χ0v) is 11.8. The molecule has 2 N–H and O–H groups in total. The largest absolute Gasteiger partial charge is 0.330 e. The Kier molecular flexibility index (Phi) is 5.54. The Morgan fingerprint density at radius 1 is 1.06 bits per heavy atom. The smallest absolute Gasteiger partial charge is 0.162 e. The third-order valence-electron chi connectivity index (χ3n) is 3.18. The minimum atomic E-state index is 0.142. The van der Waals surface area contributed by atoms with Crippen LogP contribution in [0.4, 0.5) is 0 Å². The molecule has 0 amide bonds. The molecule has 2 heteroatoms. The lowest BCUT2D eigenvalue weighted by molar-refractivity contribution is 0.0979. The van der Waals surface area contributed by atoms with E-state index in [1.54, 1.807) is 0 Å². The summed E-state index contributed by atoms with van der Waals surface area (Å²) in [5.74, 6) is 0.243. The van der Waals surface area contributed by atoms with Crippen molar-refractivity contribution < 1.29 is 4.79 Å². The zero-order valence-electron chi connectivity index (χ0n) is 11.8. The molecular formula is C16H25NO. The fourth-order valence-corrected chi connectivity index (χ4v) is 1.91. The number of rotatable bonds is 6. The Balaban J connectivity index is 2.54. The predicted molar refractivity (Wildman–Crippen MR) is 77.0 cm³/mol. The number of nitrogens with two attached hydrogens (primary N) is 1. The van der Waals surface area contributed by atoms with Crippen LogP contribution >= 0.6 is 0 Å². The van der Waals surface area contributed by atoms with Gasteiger partial charge in [-0.1, -0.05) is 51.5 Å². The molecular weight excluding hydrogens is 222 g/mol. The van der Waals surface area contributed by atoms with Crippen LogP contribution in [-0.4, -0.2) is 12.3 Å². The van der Waals surface area contributed by atoms with Crippen LogP contribution in [0.5, 0.6) is 0 Å². The lowest BCUT2D eigenvalue weighted by Gasteiger charge is -2.18. The average molecular weight is 247 g/mol. The van der Waals surface area contributed by atoms with Crippen LogP contribution in [0.3, 0.4) is 0 Å². The van der Waals surface area contributed by atoms with Crippen molar-refractivity contribution in [3.8, 4) is 0 Å². The maximum absolute atomic E-state index is 11.9. The van der Waals surface area contributed by atoms with Crippen molar-refractivity contribution in [1.82, 2.24) is 0 Å². The molecule has 0 fully saturated rings. The van der Waals surface area contributed by atoms with Crippen molar-refractivity contribution in [2.24, 2.45) is 5.73 Å². The van der Waals surface area contributed by atoms with E-state index in [1.165, 1.54) is 5.56 Å². The third kappa shape index (κ3) is 4.61. The van der Waals surface area contributed by atoms with Crippen molar-refractivity contribution in [1.29, 1.82) is 0 Å². The summed E-state index contributed by atoms with van der Waals surface area (Å²) >= 11 is 0. The minimum absolute atomic E-state index is 0.142. The number of carbonyl (C=O) groups excluding carboxylic acids is 1. The Morgan fingerprint density at radius 2 is 1.67 bits per heavy atom. The van der Waals surface area contributed by atoms with Crippen LogP contribution < -0.4 is 5.73 Å². The number of hydrogen-bond acceptors (Lipinski definition) is 2. The monoisotopic (exact) mass is 247 g/mol. The van der Waals surface area contributed by atoms with Gasteiger partial charge in [0.15, 0.2) is 5.78 Å². The fraction of sp³-hybridized carbons (Fsp3) is 0.562. The van der Waals surface area contributed by atoms with Crippen LogP contribution in [0.25, 0.3) is 0 Å². The minimum Gasteiger partial charge on any atom is -0.330 e. The normalized spacial score (nSPS) is 11.6. The van der Waals surface area contributed by atoms with Crippen LogP contribution in [-0.2, 0) is 5.41 Å². The van der Waals surface area contributed by atoms with Gasteiger partial charge in [-0.15, -0.1) is 0 Å². The highest BCUT2D eigenvalue weighted by Gasteiger charge is 2.14. The van der Waals surface area contributed by atoms with Crippen molar-refractivity contribution >= 4 is 5.78 Å². The van der Waals surface area contributed by atoms with E-state index in [9.17, 15) is 4.79 Å².